The van der Waals surface area contributed by atoms with Crippen LogP contribution in [0.2, 0.25) is 0 Å². The van der Waals surface area contributed by atoms with Gasteiger partial charge in [0.2, 0.25) is 0 Å². The van der Waals surface area contributed by atoms with E-state index in [0.29, 0.717) is 31.5 Å². The predicted octanol–water partition coefficient (Wildman–Crippen LogP) is 4.35. The molecule has 4 nitrogen and oxygen atoms in total. The van der Waals surface area contributed by atoms with E-state index in [4.69, 9.17) is 4.42 Å². The molecule has 26 heavy (non-hydrogen) atoms. The average molecular weight is 485 g/mol. The van der Waals surface area contributed by atoms with Gasteiger partial charge in [0.25, 0.3) is 0 Å². The Hall–Kier alpha value is -1.78. The molecule has 1 aromatic carbocycles. The van der Waals surface area contributed by atoms with Crippen LogP contribution in [0.1, 0.15) is 23.8 Å². The van der Waals surface area contributed by atoms with E-state index in [2.05, 4.69) is 15.6 Å². The van der Waals surface area contributed by atoms with Gasteiger partial charge in [-0.05, 0) is 36.8 Å². The second kappa shape index (κ2) is 10.4. The molecule has 144 valence electrons. The molecular weight excluding hydrogens is 465 g/mol. The van der Waals surface area contributed by atoms with Gasteiger partial charge in [-0.15, -0.1) is 24.0 Å². The number of benzene rings is 1. The van der Waals surface area contributed by atoms with Gasteiger partial charge < -0.3 is 15.1 Å². The quantitative estimate of drug-likeness (QED) is 0.277. The van der Waals surface area contributed by atoms with Crippen molar-refractivity contribution in [2.24, 2.45) is 4.99 Å². The fraction of sp³-hybridized carbons (Fsp3) is 0.353. The third-order valence-corrected chi connectivity index (χ3v) is 3.37. The van der Waals surface area contributed by atoms with Gasteiger partial charge in [0.05, 0.1) is 18.4 Å². The number of furan rings is 1. The molecule has 0 atom stereocenters. The van der Waals surface area contributed by atoms with Crippen LogP contribution in [0.25, 0.3) is 0 Å². The Morgan fingerprint density at radius 1 is 1.19 bits per heavy atom. The van der Waals surface area contributed by atoms with Crippen LogP contribution < -0.4 is 10.6 Å². The Kier molecular flexibility index (Phi) is 8.89. The van der Waals surface area contributed by atoms with Crippen LogP contribution in [0.4, 0.5) is 17.6 Å². The monoisotopic (exact) mass is 485 g/mol. The molecule has 0 radical (unpaired) electrons. The summed E-state index contributed by atoms with van der Waals surface area (Å²) in [5, 5.41) is 5.98. The molecule has 1 heterocycles. The molecule has 9 heteroatoms. The summed E-state index contributed by atoms with van der Waals surface area (Å²) >= 11 is 0. The van der Waals surface area contributed by atoms with Gasteiger partial charge >= 0.3 is 6.18 Å². The zero-order valence-corrected chi connectivity index (χ0v) is 16.4. The van der Waals surface area contributed by atoms with Crippen molar-refractivity contribution in [1.29, 1.82) is 0 Å². The van der Waals surface area contributed by atoms with Crippen LogP contribution in [0.15, 0.2) is 46.0 Å². The highest BCUT2D eigenvalue weighted by atomic mass is 127. The van der Waals surface area contributed by atoms with Crippen LogP contribution in [0, 0.1) is 5.82 Å². The molecule has 2 rings (SSSR count). The van der Waals surface area contributed by atoms with Crippen molar-refractivity contribution in [3.63, 3.8) is 0 Å². The highest BCUT2D eigenvalue weighted by Crippen LogP contribution is 2.32. The predicted molar refractivity (Wildman–Crippen MR) is 102 cm³/mol. The number of guanidine groups is 1. The molecule has 0 saturated carbocycles. The second-order valence-electron chi connectivity index (χ2n) is 5.25. The number of rotatable bonds is 6. The van der Waals surface area contributed by atoms with E-state index in [1.54, 1.807) is 12.3 Å². The van der Waals surface area contributed by atoms with Gasteiger partial charge in [0.15, 0.2) is 5.96 Å². The van der Waals surface area contributed by atoms with E-state index in [9.17, 15) is 17.6 Å². The Balaban J connectivity index is 0.00000338. The van der Waals surface area contributed by atoms with E-state index >= 15 is 0 Å². The first kappa shape index (κ1) is 22.3. The average Bonchev–Trinajstić information content (AvgIpc) is 3.06. The molecule has 0 saturated heterocycles. The number of nitrogens with zero attached hydrogens (tertiary/aromatic N) is 1. The minimum Gasteiger partial charge on any atom is -0.469 e. The maximum Gasteiger partial charge on any atom is 0.416 e. The molecule has 2 N–H and O–H groups in total. The zero-order valence-electron chi connectivity index (χ0n) is 14.1. The number of nitrogens with one attached hydrogen (secondary N) is 2. The normalized spacial score (nSPS) is 11.8. The molecule has 0 aliphatic rings. The van der Waals surface area contributed by atoms with Gasteiger partial charge in [0.1, 0.15) is 11.6 Å². The summed E-state index contributed by atoms with van der Waals surface area (Å²) in [6, 6.07) is 6.20. The first-order chi connectivity index (χ1) is 11.9. The number of hydrogen-bond donors (Lipinski definition) is 2. The molecule has 2 aromatic rings. The minimum absolute atomic E-state index is 0. The van der Waals surface area contributed by atoms with Crippen LogP contribution in [0.5, 0.6) is 0 Å². The first-order valence-electron chi connectivity index (χ1n) is 7.80. The van der Waals surface area contributed by atoms with Crippen LogP contribution in [-0.2, 0) is 19.1 Å². The molecule has 0 bridgehead atoms. The number of aliphatic imine (C=N–C) groups is 1. The van der Waals surface area contributed by atoms with E-state index in [-0.39, 0.29) is 36.1 Å². The lowest BCUT2D eigenvalue weighted by Gasteiger charge is -2.13. The topological polar surface area (TPSA) is 49.6 Å². The van der Waals surface area contributed by atoms with Crippen molar-refractivity contribution in [2.75, 3.05) is 13.1 Å². The highest BCUT2D eigenvalue weighted by molar-refractivity contribution is 14.0. The van der Waals surface area contributed by atoms with Crippen molar-refractivity contribution >= 4 is 29.9 Å². The molecule has 0 aliphatic heterocycles. The lowest BCUT2D eigenvalue weighted by molar-refractivity contribution is -0.138. The number of hydrogen-bond acceptors (Lipinski definition) is 2. The van der Waals surface area contributed by atoms with E-state index in [1.807, 2.05) is 13.0 Å². The standard InChI is InChI=1S/C17H19F4N3O.HI/c1-2-22-16(23-8-7-14-4-3-9-25-14)24-11-12-5-6-13(18)10-15(12)17(19,20)21;/h3-6,9-10H,2,7-8,11H2,1H3,(H2,22,23,24);1H. The fourth-order valence-corrected chi connectivity index (χ4v) is 2.22. The van der Waals surface area contributed by atoms with Crippen molar-refractivity contribution in [1.82, 2.24) is 10.6 Å². The van der Waals surface area contributed by atoms with Crippen LogP contribution >= 0.6 is 24.0 Å². The van der Waals surface area contributed by atoms with E-state index in [1.165, 1.54) is 0 Å². The summed E-state index contributed by atoms with van der Waals surface area (Å²) in [7, 11) is 0. The summed E-state index contributed by atoms with van der Waals surface area (Å²) in [4.78, 5) is 4.15. The van der Waals surface area contributed by atoms with Crippen molar-refractivity contribution in [2.45, 2.75) is 26.1 Å². The molecule has 0 amide bonds. The zero-order chi connectivity index (χ0) is 18.3. The van der Waals surface area contributed by atoms with Gasteiger partial charge in [-0.1, -0.05) is 6.07 Å². The third-order valence-electron chi connectivity index (χ3n) is 3.37. The van der Waals surface area contributed by atoms with Crippen molar-refractivity contribution < 1.29 is 22.0 Å². The SMILES string of the molecule is CCNC(=NCc1ccc(F)cc1C(F)(F)F)NCCc1ccco1.I. The van der Waals surface area contributed by atoms with Gasteiger partial charge in [-0.3, -0.25) is 0 Å². The molecular formula is C17H20F4IN3O. The Morgan fingerprint density at radius 3 is 2.58 bits per heavy atom. The summed E-state index contributed by atoms with van der Waals surface area (Å²) in [6.45, 7) is 2.70. The number of alkyl halides is 3. The summed E-state index contributed by atoms with van der Waals surface area (Å²) in [5.74, 6) is 0.247. The maximum absolute atomic E-state index is 13.1. The fourth-order valence-electron chi connectivity index (χ4n) is 2.22. The maximum atomic E-state index is 13.1. The van der Waals surface area contributed by atoms with Crippen LogP contribution in [0.3, 0.4) is 0 Å². The summed E-state index contributed by atoms with van der Waals surface area (Å²) < 4.78 is 57.3. The highest BCUT2D eigenvalue weighted by Gasteiger charge is 2.33. The third kappa shape index (κ3) is 6.85. The minimum atomic E-state index is -4.63. The summed E-state index contributed by atoms with van der Waals surface area (Å²) in [6.07, 6.45) is -2.44. The van der Waals surface area contributed by atoms with E-state index < -0.39 is 17.6 Å². The Labute approximate surface area is 166 Å². The first-order valence-corrected chi connectivity index (χ1v) is 7.80. The van der Waals surface area contributed by atoms with E-state index in [0.717, 1.165) is 17.9 Å². The van der Waals surface area contributed by atoms with Crippen molar-refractivity contribution in [3.05, 3.63) is 59.3 Å². The number of halogens is 5. The largest absolute Gasteiger partial charge is 0.469 e. The smallest absolute Gasteiger partial charge is 0.416 e. The molecule has 1 aromatic heterocycles. The lowest BCUT2D eigenvalue weighted by Crippen LogP contribution is -2.38. The van der Waals surface area contributed by atoms with Crippen molar-refractivity contribution in [3.8, 4) is 0 Å². The Bertz CT molecular complexity index is 703. The summed E-state index contributed by atoms with van der Waals surface area (Å²) in [5.41, 5.74) is -1.10. The van der Waals surface area contributed by atoms with Gasteiger partial charge in [-0.25, -0.2) is 9.38 Å². The second-order valence-corrected chi connectivity index (χ2v) is 5.25. The molecule has 0 spiro atoms. The molecule has 0 aliphatic carbocycles. The van der Waals surface area contributed by atoms with Gasteiger partial charge in [-0.2, -0.15) is 13.2 Å². The van der Waals surface area contributed by atoms with Crippen LogP contribution in [-0.4, -0.2) is 19.0 Å². The molecule has 0 unspecified atom stereocenters. The lowest BCUT2D eigenvalue weighted by atomic mass is 10.1. The van der Waals surface area contributed by atoms with Gasteiger partial charge in [0, 0.05) is 19.5 Å². The Morgan fingerprint density at radius 2 is 1.96 bits per heavy atom. The molecule has 0 fully saturated rings.